The normalized spacial score (nSPS) is 24.1. The van der Waals surface area contributed by atoms with Gasteiger partial charge in [0.1, 0.15) is 17.4 Å². The number of pyridine rings is 1. The Kier molecular flexibility index (Phi) is 9.13. The van der Waals surface area contributed by atoms with Crippen LogP contribution in [-0.4, -0.2) is 84.4 Å². The molecule has 1 aromatic carbocycles. The van der Waals surface area contributed by atoms with Crippen molar-refractivity contribution in [3.05, 3.63) is 54.5 Å². The highest BCUT2D eigenvalue weighted by Crippen LogP contribution is 2.37. The monoisotopic (exact) mass is 551 g/mol. The summed E-state index contributed by atoms with van der Waals surface area (Å²) in [7, 11) is 0. The molecule has 1 saturated carbocycles. The number of rotatable bonds is 5. The minimum atomic E-state index is -0.448. The van der Waals surface area contributed by atoms with Gasteiger partial charge in [-0.05, 0) is 62.1 Å². The summed E-state index contributed by atoms with van der Waals surface area (Å²) in [6.07, 6.45) is 6.32. The predicted molar refractivity (Wildman–Crippen MR) is 148 cm³/mol. The van der Waals surface area contributed by atoms with E-state index in [1.807, 2.05) is 23.1 Å². The van der Waals surface area contributed by atoms with E-state index >= 15 is 0 Å². The van der Waals surface area contributed by atoms with Crippen molar-refractivity contribution < 1.29 is 23.5 Å². The van der Waals surface area contributed by atoms with Crippen molar-refractivity contribution in [2.45, 2.75) is 44.6 Å². The SMILES string of the molecule is O=C1NCCCCCCN(C(=O)COc2ccc(F)cc2)[C@H]2C[C@H](C(=O)N3CCN(c4ccccn4)CC3)C[C@@H]12. The molecule has 3 heterocycles. The molecule has 2 aromatic rings. The van der Waals surface area contributed by atoms with Gasteiger partial charge in [-0.15, -0.1) is 0 Å². The lowest BCUT2D eigenvalue weighted by atomic mass is 10.00. The molecule has 0 radical (unpaired) electrons. The summed E-state index contributed by atoms with van der Waals surface area (Å²) in [6, 6.07) is 11.0. The van der Waals surface area contributed by atoms with E-state index in [9.17, 15) is 18.8 Å². The molecule has 3 amide bonds. The third-order valence-corrected chi connectivity index (χ3v) is 8.30. The van der Waals surface area contributed by atoms with Crippen LogP contribution in [-0.2, 0) is 14.4 Å². The lowest BCUT2D eigenvalue weighted by Gasteiger charge is -2.36. The van der Waals surface area contributed by atoms with Crippen LogP contribution in [0.3, 0.4) is 0 Å². The summed E-state index contributed by atoms with van der Waals surface area (Å²) in [6.45, 7) is 3.53. The van der Waals surface area contributed by atoms with E-state index in [1.54, 1.807) is 11.1 Å². The van der Waals surface area contributed by atoms with E-state index in [2.05, 4.69) is 15.2 Å². The Labute approximate surface area is 234 Å². The lowest BCUT2D eigenvalue weighted by Crippen LogP contribution is -2.50. The largest absolute Gasteiger partial charge is 0.484 e. The van der Waals surface area contributed by atoms with Gasteiger partial charge in [-0.3, -0.25) is 14.4 Å². The Morgan fingerprint density at radius 3 is 2.48 bits per heavy atom. The van der Waals surface area contributed by atoms with Crippen LogP contribution in [0.15, 0.2) is 48.7 Å². The highest BCUT2D eigenvalue weighted by Gasteiger charge is 2.46. The zero-order valence-corrected chi connectivity index (χ0v) is 22.8. The molecule has 1 aliphatic carbocycles. The summed E-state index contributed by atoms with van der Waals surface area (Å²) in [4.78, 5) is 50.7. The van der Waals surface area contributed by atoms with Gasteiger partial charge in [-0.1, -0.05) is 18.9 Å². The van der Waals surface area contributed by atoms with Crippen molar-refractivity contribution in [3.63, 3.8) is 0 Å². The van der Waals surface area contributed by atoms with Crippen molar-refractivity contribution in [2.24, 2.45) is 11.8 Å². The number of hydrogen-bond acceptors (Lipinski definition) is 6. The highest BCUT2D eigenvalue weighted by molar-refractivity contribution is 5.86. The third-order valence-electron chi connectivity index (χ3n) is 8.30. The van der Waals surface area contributed by atoms with Crippen LogP contribution in [0.4, 0.5) is 10.2 Å². The van der Waals surface area contributed by atoms with Crippen molar-refractivity contribution in [1.29, 1.82) is 0 Å². The Balaban J connectivity index is 1.27. The molecule has 214 valence electrons. The maximum absolute atomic E-state index is 13.7. The van der Waals surface area contributed by atoms with Gasteiger partial charge in [0.15, 0.2) is 6.61 Å². The number of carbonyl (C=O) groups is 3. The zero-order valence-electron chi connectivity index (χ0n) is 22.8. The molecule has 2 saturated heterocycles. The fourth-order valence-corrected chi connectivity index (χ4v) is 6.14. The summed E-state index contributed by atoms with van der Waals surface area (Å²) in [5.41, 5.74) is 0. The van der Waals surface area contributed by atoms with Crippen LogP contribution in [0.25, 0.3) is 0 Å². The number of fused-ring (bicyclic) bond motifs is 1. The molecule has 3 fully saturated rings. The van der Waals surface area contributed by atoms with Crippen LogP contribution in [0.5, 0.6) is 5.75 Å². The van der Waals surface area contributed by atoms with Crippen molar-refractivity contribution in [2.75, 3.05) is 50.8 Å². The van der Waals surface area contributed by atoms with Gasteiger partial charge >= 0.3 is 0 Å². The average molecular weight is 552 g/mol. The first-order chi connectivity index (χ1) is 19.5. The molecule has 1 N–H and O–H groups in total. The fraction of sp³-hybridized carbons (Fsp3) is 0.533. The molecule has 0 unspecified atom stereocenters. The number of carbonyl (C=O) groups excluding carboxylic acids is 3. The van der Waals surface area contributed by atoms with Gasteiger partial charge in [0.25, 0.3) is 5.91 Å². The molecule has 9 nitrogen and oxygen atoms in total. The topological polar surface area (TPSA) is 95.1 Å². The molecule has 2 aliphatic heterocycles. The van der Waals surface area contributed by atoms with E-state index in [1.165, 1.54) is 24.3 Å². The molecular formula is C30H38FN5O4. The quantitative estimate of drug-likeness (QED) is 0.614. The maximum Gasteiger partial charge on any atom is 0.260 e. The third kappa shape index (κ3) is 6.71. The van der Waals surface area contributed by atoms with Gasteiger partial charge in [-0.2, -0.15) is 0 Å². The van der Waals surface area contributed by atoms with E-state index in [0.29, 0.717) is 57.9 Å². The molecule has 1 aromatic heterocycles. The predicted octanol–water partition coefficient (Wildman–Crippen LogP) is 2.86. The lowest BCUT2D eigenvalue weighted by molar-refractivity contribution is -0.139. The van der Waals surface area contributed by atoms with E-state index in [0.717, 1.165) is 31.5 Å². The second kappa shape index (κ2) is 13.1. The zero-order chi connectivity index (χ0) is 27.9. The van der Waals surface area contributed by atoms with E-state index in [4.69, 9.17) is 4.74 Å². The summed E-state index contributed by atoms with van der Waals surface area (Å²) in [5, 5.41) is 3.05. The molecule has 40 heavy (non-hydrogen) atoms. The van der Waals surface area contributed by atoms with Crippen molar-refractivity contribution in [1.82, 2.24) is 20.1 Å². The van der Waals surface area contributed by atoms with Crippen LogP contribution in [0, 0.1) is 17.7 Å². The van der Waals surface area contributed by atoms with E-state index in [-0.39, 0.29) is 42.1 Å². The number of aromatic nitrogens is 1. The number of anilines is 1. The summed E-state index contributed by atoms with van der Waals surface area (Å²) < 4.78 is 19.0. The Morgan fingerprint density at radius 1 is 0.950 bits per heavy atom. The van der Waals surface area contributed by atoms with Crippen LogP contribution >= 0.6 is 0 Å². The molecule has 5 rings (SSSR count). The standard InChI is InChI=1S/C30H38FN5O4/c31-23-8-10-24(11-9-23)40-21-28(37)36-14-6-2-1-4-13-33-29(38)25-19-22(20-26(25)36)30(39)35-17-15-34(16-18-35)27-7-3-5-12-32-27/h3,5,7-12,22,25-26H,1-2,4,6,13-21H2,(H,33,38)/t22-,25-,26+/m1/s1. The molecule has 3 aliphatic rings. The molecule has 3 atom stereocenters. The Hall–Kier alpha value is -3.69. The van der Waals surface area contributed by atoms with Gasteiger partial charge < -0.3 is 24.8 Å². The Bertz CT molecular complexity index is 1160. The number of amides is 3. The maximum atomic E-state index is 13.7. The Morgan fingerprint density at radius 2 is 1.73 bits per heavy atom. The number of benzene rings is 1. The van der Waals surface area contributed by atoms with Gasteiger partial charge in [0, 0.05) is 57.4 Å². The number of ether oxygens (including phenoxy) is 1. The summed E-state index contributed by atoms with van der Waals surface area (Å²) >= 11 is 0. The number of piperazine rings is 1. The highest BCUT2D eigenvalue weighted by atomic mass is 19.1. The molecule has 0 spiro atoms. The second-order valence-corrected chi connectivity index (χ2v) is 10.9. The van der Waals surface area contributed by atoms with Gasteiger partial charge in [0.2, 0.25) is 11.8 Å². The molecule has 10 heteroatoms. The smallest absolute Gasteiger partial charge is 0.260 e. The first-order valence-electron chi connectivity index (χ1n) is 14.4. The van der Waals surface area contributed by atoms with Crippen molar-refractivity contribution >= 4 is 23.5 Å². The molecular weight excluding hydrogens is 513 g/mol. The van der Waals surface area contributed by atoms with Gasteiger partial charge in [0.05, 0.1) is 5.92 Å². The summed E-state index contributed by atoms with van der Waals surface area (Å²) in [5.74, 6) is -0.0719. The van der Waals surface area contributed by atoms with Crippen LogP contribution in [0.2, 0.25) is 0 Å². The minimum Gasteiger partial charge on any atom is -0.484 e. The van der Waals surface area contributed by atoms with Gasteiger partial charge in [-0.25, -0.2) is 9.37 Å². The van der Waals surface area contributed by atoms with E-state index < -0.39 is 5.92 Å². The fourth-order valence-electron chi connectivity index (χ4n) is 6.14. The number of halogens is 1. The first kappa shape index (κ1) is 27.9. The second-order valence-electron chi connectivity index (χ2n) is 10.9. The number of nitrogens with one attached hydrogen (secondary N) is 1. The number of hydrogen-bond donors (Lipinski definition) is 1. The van der Waals surface area contributed by atoms with Crippen LogP contribution in [0.1, 0.15) is 38.5 Å². The van der Waals surface area contributed by atoms with Crippen LogP contribution < -0.4 is 15.0 Å². The molecule has 0 bridgehead atoms. The minimum absolute atomic E-state index is 0.0584. The number of nitrogens with zero attached hydrogens (tertiary/aromatic N) is 4. The van der Waals surface area contributed by atoms with Crippen molar-refractivity contribution in [3.8, 4) is 5.75 Å². The first-order valence-corrected chi connectivity index (χ1v) is 14.4. The average Bonchev–Trinajstić information content (AvgIpc) is 3.42.